The minimum absolute atomic E-state index is 0.147. The van der Waals surface area contributed by atoms with Gasteiger partial charge in [0.1, 0.15) is 11.6 Å². The predicted octanol–water partition coefficient (Wildman–Crippen LogP) is 3.11. The van der Waals surface area contributed by atoms with Crippen molar-refractivity contribution in [1.29, 1.82) is 5.26 Å². The number of amides is 1. The van der Waals surface area contributed by atoms with Gasteiger partial charge in [-0.2, -0.15) is 5.26 Å². The van der Waals surface area contributed by atoms with Gasteiger partial charge in [0.05, 0.1) is 0 Å². The van der Waals surface area contributed by atoms with Gasteiger partial charge in [-0.15, -0.1) is 0 Å². The highest BCUT2D eigenvalue weighted by atomic mass is 16.5. The predicted molar refractivity (Wildman–Crippen MR) is 104 cm³/mol. The molecule has 138 valence electrons. The molecule has 5 heteroatoms. The summed E-state index contributed by atoms with van der Waals surface area (Å²) in [5.41, 5.74) is 3.97. The molecule has 0 aliphatic rings. The molecular formula is C22H22N2O3. The summed E-state index contributed by atoms with van der Waals surface area (Å²) in [4.78, 5) is 23.8. The number of nitrogens with zero attached hydrogens (tertiary/aromatic N) is 1. The Morgan fingerprint density at radius 2 is 1.81 bits per heavy atom. The van der Waals surface area contributed by atoms with Crippen molar-refractivity contribution in [2.24, 2.45) is 0 Å². The molecule has 0 atom stereocenters. The van der Waals surface area contributed by atoms with Crippen LogP contribution in [0.25, 0.3) is 6.08 Å². The van der Waals surface area contributed by atoms with Gasteiger partial charge in [-0.1, -0.05) is 54.1 Å². The molecule has 2 aromatic carbocycles. The Morgan fingerprint density at radius 3 is 2.48 bits per heavy atom. The van der Waals surface area contributed by atoms with Crippen LogP contribution in [0.1, 0.15) is 22.3 Å². The van der Waals surface area contributed by atoms with Crippen molar-refractivity contribution in [1.82, 2.24) is 5.32 Å². The van der Waals surface area contributed by atoms with Crippen molar-refractivity contribution in [2.75, 3.05) is 13.2 Å². The summed E-state index contributed by atoms with van der Waals surface area (Å²) in [6.07, 6.45) is 2.14. The summed E-state index contributed by atoms with van der Waals surface area (Å²) < 4.78 is 4.94. The van der Waals surface area contributed by atoms with Gasteiger partial charge >= 0.3 is 5.97 Å². The zero-order valence-electron chi connectivity index (χ0n) is 15.5. The largest absolute Gasteiger partial charge is 0.451 e. The molecule has 0 bridgehead atoms. The molecule has 5 nitrogen and oxygen atoms in total. The van der Waals surface area contributed by atoms with E-state index in [2.05, 4.69) is 5.32 Å². The number of rotatable bonds is 7. The van der Waals surface area contributed by atoms with Gasteiger partial charge in [0.15, 0.2) is 6.61 Å². The maximum atomic E-state index is 12.0. The monoisotopic (exact) mass is 362 g/mol. The van der Waals surface area contributed by atoms with Crippen LogP contribution in [0.4, 0.5) is 0 Å². The second-order valence-corrected chi connectivity index (χ2v) is 6.18. The molecule has 27 heavy (non-hydrogen) atoms. The maximum absolute atomic E-state index is 12.0. The van der Waals surface area contributed by atoms with Gasteiger partial charge in [-0.3, -0.25) is 4.79 Å². The van der Waals surface area contributed by atoms with Crippen molar-refractivity contribution >= 4 is 18.0 Å². The normalized spacial score (nSPS) is 10.8. The van der Waals surface area contributed by atoms with Gasteiger partial charge in [0, 0.05) is 6.54 Å². The number of ether oxygens (including phenoxy) is 1. The van der Waals surface area contributed by atoms with Crippen LogP contribution in [0, 0.1) is 25.2 Å². The highest BCUT2D eigenvalue weighted by Gasteiger charge is 2.13. The number of benzene rings is 2. The maximum Gasteiger partial charge on any atom is 0.349 e. The van der Waals surface area contributed by atoms with Crippen LogP contribution in [-0.4, -0.2) is 25.0 Å². The fraction of sp³-hybridized carbons (Fsp3) is 0.227. The first-order valence-corrected chi connectivity index (χ1v) is 8.66. The molecule has 0 unspecified atom stereocenters. The van der Waals surface area contributed by atoms with E-state index in [0.29, 0.717) is 13.0 Å². The highest BCUT2D eigenvalue weighted by molar-refractivity contribution is 5.98. The molecule has 0 saturated heterocycles. The fourth-order valence-electron chi connectivity index (χ4n) is 2.45. The van der Waals surface area contributed by atoms with Crippen LogP contribution in [0.2, 0.25) is 0 Å². The molecule has 0 radical (unpaired) electrons. The van der Waals surface area contributed by atoms with Gasteiger partial charge in [0.2, 0.25) is 0 Å². The lowest BCUT2D eigenvalue weighted by Crippen LogP contribution is -2.30. The van der Waals surface area contributed by atoms with Gasteiger partial charge in [-0.05, 0) is 43.0 Å². The third-order valence-electron chi connectivity index (χ3n) is 4.04. The Hall–Kier alpha value is -3.39. The lowest BCUT2D eigenvalue weighted by molar-refractivity contribution is -0.144. The summed E-state index contributed by atoms with van der Waals surface area (Å²) in [6, 6.07) is 17.1. The van der Waals surface area contributed by atoms with Crippen LogP contribution >= 0.6 is 0 Å². The summed E-state index contributed by atoms with van der Waals surface area (Å²) in [6.45, 7) is 4.00. The minimum atomic E-state index is -0.813. The van der Waals surface area contributed by atoms with Crippen molar-refractivity contribution in [3.8, 4) is 6.07 Å². The summed E-state index contributed by atoms with van der Waals surface area (Å²) in [7, 11) is 0. The Kier molecular flexibility index (Phi) is 7.33. The van der Waals surface area contributed by atoms with E-state index in [9.17, 15) is 9.59 Å². The zero-order chi connectivity index (χ0) is 19.6. The first-order chi connectivity index (χ1) is 13.0. The topological polar surface area (TPSA) is 79.2 Å². The standard InChI is InChI=1S/C22H22N2O3/c1-16-7-9-18(10-8-16)13-20(14-23)22(26)27-15-21(25)24-12-11-19-6-4-3-5-17(19)2/h3-10,13H,11-12,15H2,1-2H3,(H,24,25)/b20-13+. The van der Waals surface area contributed by atoms with Crippen LogP contribution in [0.3, 0.4) is 0 Å². The lowest BCUT2D eigenvalue weighted by atomic mass is 10.1. The molecule has 2 rings (SSSR count). The molecule has 0 aliphatic heterocycles. The van der Waals surface area contributed by atoms with E-state index in [1.54, 1.807) is 12.1 Å². The number of carbonyl (C=O) groups is 2. The molecule has 0 fully saturated rings. The molecule has 0 spiro atoms. The van der Waals surface area contributed by atoms with E-state index in [0.717, 1.165) is 22.3 Å². The fourth-order valence-corrected chi connectivity index (χ4v) is 2.45. The van der Waals surface area contributed by atoms with Crippen molar-refractivity contribution < 1.29 is 14.3 Å². The third-order valence-corrected chi connectivity index (χ3v) is 4.04. The van der Waals surface area contributed by atoms with E-state index < -0.39 is 18.5 Å². The van der Waals surface area contributed by atoms with Crippen LogP contribution in [0.5, 0.6) is 0 Å². The van der Waals surface area contributed by atoms with Gasteiger partial charge in [0.25, 0.3) is 5.91 Å². The van der Waals surface area contributed by atoms with Gasteiger partial charge in [-0.25, -0.2) is 4.79 Å². The molecule has 1 N–H and O–H groups in total. The van der Waals surface area contributed by atoms with E-state index >= 15 is 0 Å². The smallest absolute Gasteiger partial charge is 0.349 e. The average Bonchev–Trinajstić information content (AvgIpc) is 2.67. The van der Waals surface area contributed by atoms with E-state index in [4.69, 9.17) is 10.00 Å². The number of hydrogen-bond donors (Lipinski definition) is 1. The third kappa shape index (κ3) is 6.44. The Labute approximate surface area is 159 Å². The molecule has 2 aromatic rings. The van der Waals surface area contributed by atoms with E-state index in [1.165, 1.54) is 6.08 Å². The first-order valence-electron chi connectivity index (χ1n) is 8.66. The SMILES string of the molecule is Cc1ccc(/C=C(\C#N)C(=O)OCC(=O)NCCc2ccccc2C)cc1. The number of nitriles is 1. The number of esters is 1. The second kappa shape index (κ2) is 9.93. The van der Waals surface area contributed by atoms with E-state index in [-0.39, 0.29) is 5.57 Å². The van der Waals surface area contributed by atoms with Crippen LogP contribution in [-0.2, 0) is 20.7 Å². The van der Waals surface area contributed by atoms with Crippen LogP contribution < -0.4 is 5.32 Å². The molecule has 0 heterocycles. The van der Waals surface area contributed by atoms with Crippen molar-refractivity contribution in [2.45, 2.75) is 20.3 Å². The second-order valence-electron chi connectivity index (χ2n) is 6.18. The number of carbonyl (C=O) groups excluding carboxylic acids is 2. The number of nitrogens with one attached hydrogen (secondary N) is 1. The van der Waals surface area contributed by atoms with Gasteiger partial charge < -0.3 is 10.1 Å². The number of hydrogen-bond acceptors (Lipinski definition) is 4. The Morgan fingerprint density at radius 1 is 1.11 bits per heavy atom. The Balaban J connectivity index is 1.81. The minimum Gasteiger partial charge on any atom is -0.451 e. The average molecular weight is 362 g/mol. The number of aryl methyl sites for hydroxylation is 2. The van der Waals surface area contributed by atoms with E-state index in [1.807, 2.05) is 56.3 Å². The van der Waals surface area contributed by atoms with Crippen molar-refractivity contribution in [3.63, 3.8) is 0 Å². The zero-order valence-corrected chi connectivity index (χ0v) is 15.5. The van der Waals surface area contributed by atoms with Crippen molar-refractivity contribution in [3.05, 3.63) is 76.4 Å². The Bertz CT molecular complexity index is 877. The summed E-state index contributed by atoms with van der Waals surface area (Å²) >= 11 is 0. The first kappa shape index (κ1) is 19.9. The molecule has 0 aliphatic carbocycles. The lowest BCUT2D eigenvalue weighted by Gasteiger charge is -2.08. The summed E-state index contributed by atoms with van der Waals surface area (Å²) in [5.74, 6) is -1.21. The summed E-state index contributed by atoms with van der Waals surface area (Å²) in [5, 5.41) is 11.9. The van der Waals surface area contributed by atoms with Crippen LogP contribution in [0.15, 0.2) is 54.1 Å². The quantitative estimate of drug-likeness (QED) is 0.466. The molecular weight excluding hydrogens is 340 g/mol. The molecule has 0 saturated carbocycles. The molecule has 0 aromatic heterocycles. The molecule has 1 amide bonds. The highest BCUT2D eigenvalue weighted by Crippen LogP contribution is 2.10.